The number of benzene rings is 1. The number of hydrogen-bond donors (Lipinski definition) is 3. The zero-order valence-electron chi connectivity index (χ0n) is 16.6. The minimum absolute atomic E-state index is 0.0480. The predicted octanol–water partition coefficient (Wildman–Crippen LogP) is 4.32. The third-order valence-electron chi connectivity index (χ3n) is 5.55. The van der Waals surface area contributed by atoms with E-state index in [4.69, 9.17) is 0 Å². The van der Waals surface area contributed by atoms with Crippen molar-refractivity contribution in [3.05, 3.63) is 59.4 Å². The lowest BCUT2D eigenvalue weighted by Gasteiger charge is -2.20. The summed E-state index contributed by atoms with van der Waals surface area (Å²) in [5.74, 6) is -0.0510. The number of hydrogen-bond acceptors (Lipinski definition) is 3. The quantitative estimate of drug-likeness (QED) is 0.606. The Morgan fingerprint density at radius 1 is 1.17 bits per heavy atom. The van der Waals surface area contributed by atoms with E-state index in [9.17, 15) is 9.59 Å². The molecule has 0 spiro atoms. The molecule has 1 aliphatic rings. The van der Waals surface area contributed by atoms with E-state index >= 15 is 0 Å². The number of nitrogens with one attached hydrogen (secondary N) is 3. The fourth-order valence-corrected chi connectivity index (χ4v) is 3.97. The normalized spacial score (nSPS) is 14.7. The van der Waals surface area contributed by atoms with E-state index in [2.05, 4.69) is 26.7 Å². The first kappa shape index (κ1) is 19.2. The minimum Gasteiger partial charge on any atom is -0.348 e. The van der Waals surface area contributed by atoms with Gasteiger partial charge < -0.3 is 15.6 Å². The number of pyridine rings is 1. The summed E-state index contributed by atoms with van der Waals surface area (Å²) >= 11 is 0. The van der Waals surface area contributed by atoms with Crippen LogP contribution in [-0.4, -0.2) is 21.8 Å². The van der Waals surface area contributed by atoms with Crippen molar-refractivity contribution in [2.75, 3.05) is 5.32 Å². The molecule has 2 aromatic heterocycles. The molecule has 2 amide bonds. The van der Waals surface area contributed by atoms with E-state index in [1.807, 2.05) is 31.2 Å². The molecule has 1 aromatic carbocycles. The summed E-state index contributed by atoms with van der Waals surface area (Å²) in [6.45, 7) is 2.48. The molecule has 29 heavy (non-hydrogen) atoms. The third-order valence-corrected chi connectivity index (χ3v) is 5.55. The molecule has 6 nitrogen and oxygen atoms in total. The molecule has 4 rings (SSSR count). The maximum Gasteiger partial charge on any atom is 0.253 e. The third kappa shape index (κ3) is 4.47. The first-order valence-electron chi connectivity index (χ1n) is 10.2. The van der Waals surface area contributed by atoms with Gasteiger partial charge in [0.25, 0.3) is 5.91 Å². The maximum atomic E-state index is 12.7. The number of aromatic nitrogens is 2. The molecule has 3 N–H and O–H groups in total. The smallest absolute Gasteiger partial charge is 0.253 e. The molecule has 1 fully saturated rings. The summed E-state index contributed by atoms with van der Waals surface area (Å²) in [6.07, 6.45) is 8.61. The van der Waals surface area contributed by atoms with Gasteiger partial charge in [-0.3, -0.25) is 9.59 Å². The van der Waals surface area contributed by atoms with Crippen LogP contribution in [-0.2, 0) is 11.3 Å². The Hall–Kier alpha value is -3.15. The second-order valence-electron chi connectivity index (χ2n) is 7.82. The van der Waals surface area contributed by atoms with Crippen molar-refractivity contribution in [3.63, 3.8) is 0 Å². The SMILES string of the molecule is Cc1cccc(CNC(=O)c2c[nH]c3ncc(NC(=O)C4CCCCC4)cc23)c1. The first-order chi connectivity index (χ1) is 14.1. The van der Waals surface area contributed by atoms with Crippen molar-refractivity contribution >= 4 is 28.5 Å². The van der Waals surface area contributed by atoms with Crippen molar-refractivity contribution in [2.45, 2.75) is 45.6 Å². The number of anilines is 1. The van der Waals surface area contributed by atoms with Gasteiger partial charge in [0.15, 0.2) is 0 Å². The molecular weight excluding hydrogens is 364 g/mol. The Labute approximate surface area is 170 Å². The van der Waals surface area contributed by atoms with Crippen LogP contribution in [0.3, 0.4) is 0 Å². The maximum absolute atomic E-state index is 12.7. The van der Waals surface area contributed by atoms with Crippen LogP contribution >= 0.6 is 0 Å². The zero-order valence-corrected chi connectivity index (χ0v) is 16.6. The monoisotopic (exact) mass is 390 g/mol. The van der Waals surface area contributed by atoms with Crippen LogP contribution in [0.25, 0.3) is 11.0 Å². The number of H-pyrrole nitrogens is 1. The van der Waals surface area contributed by atoms with Gasteiger partial charge in [-0.25, -0.2) is 4.98 Å². The van der Waals surface area contributed by atoms with Gasteiger partial charge >= 0.3 is 0 Å². The molecule has 0 saturated heterocycles. The molecule has 0 aliphatic heterocycles. The Balaban J connectivity index is 1.47. The van der Waals surface area contributed by atoms with Gasteiger partial charge in [0.2, 0.25) is 5.91 Å². The number of aryl methyl sites for hydroxylation is 1. The summed E-state index contributed by atoms with van der Waals surface area (Å²) in [5, 5.41) is 6.64. The van der Waals surface area contributed by atoms with E-state index in [0.717, 1.165) is 36.8 Å². The number of nitrogens with zero attached hydrogens (tertiary/aromatic N) is 1. The highest BCUT2D eigenvalue weighted by Crippen LogP contribution is 2.26. The van der Waals surface area contributed by atoms with Crippen molar-refractivity contribution < 1.29 is 9.59 Å². The molecule has 150 valence electrons. The van der Waals surface area contributed by atoms with Crippen LogP contribution < -0.4 is 10.6 Å². The van der Waals surface area contributed by atoms with Crippen molar-refractivity contribution in [3.8, 4) is 0 Å². The van der Waals surface area contributed by atoms with Gasteiger partial charge in [-0.15, -0.1) is 0 Å². The summed E-state index contributed by atoms with van der Waals surface area (Å²) in [7, 11) is 0. The second kappa shape index (κ2) is 8.47. The van der Waals surface area contributed by atoms with Crippen LogP contribution in [0.2, 0.25) is 0 Å². The van der Waals surface area contributed by atoms with Gasteiger partial charge in [-0.2, -0.15) is 0 Å². The summed E-state index contributed by atoms with van der Waals surface area (Å²) in [5.41, 5.74) is 3.99. The van der Waals surface area contributed by atoms with Gasteiger partial charge in [0, 0.05) is 24.0 Å². The van der Waals surface area contributed by atoms with Crippen LogP contribution in [0.1, 0.15) is 53.6 Å². The number of carbonyl (C=O) groups excluding carboxylic acids is 2. The molecule has 3 aromatic rings. The summed E-state index contributed by atoms with van der Waals surface area (Å²) in [4.78, 5) is 32.6. The Morgan fingerprint density at radius 2 is 2.00 bits per heavy atom. The van der Waals surface area contributed by atoms with Crippen molar-refractivity contribution in [2.24, 2.45) is 5.92 Å². The Morgan fingerprint density at radius 3 is 2.79 bits per heavy atom. The number of fused-ring (bicyclic) bond motifs is 1. The number of aromatic amines is 1. The van der Waals surface area contributed by atoms with E-state index in [-0.39, 0.29) is 17.7 Å². The molecule has 0 radical (unpaired) electrons. The molecule has 6 heteroatoms. The van der Waals surface area contributed by atoms with Gasteiger partial charge in [0.05, 0.1) is 17.4 Å². The molecule has 0 unspecified atom stereocenters. The van der Waals surface area contributed by atoms with Crippen LogP contribution in [0.4, 0.5) is 5.69 Å². The van der Waals surface area contributed by atoms with Gasteiger partial charge in [-0.05, 0) is 31.4 Å². The molecule has 1 aliphatic carbocycles. The highest BCUT2D eigenvalue weighted by atomic mass is 16.2. The Kier molecular flexibility index (Phi) is 5.60. The first-order valence-corrected chi connectivity index (χ1v) is 10.2. The lowest BCUT2D eigenvalue weighted by atomic mass is 9.88. The molecule has 1 saturated carbocycles. The highest BCUT2D eigenvalue weighted by Gasteiger charge is 2.21. The van der Waals surface area contributed by atoms with Gasteiger partial charge in [-0.1, -0.05) is 49.1 Å². The van der Waals surface area contributed by atoms with E-state index in [0.29, 0.717) is 28.8 Å². The Bertz CT molecular complexity index is 1030. The standard InChI is InChI=1S/C23H26N4O2/c1-15-6-5-7-16(10-15)12-26-23(29)20-14-25-21-19(20)11-18(13-24-21)27-22(28)17-8-3-2-4-9-17/h5-7,10-11,13-14,17H,2-4,8-9,12H2,1H3,(H,24,25)(H,26,29)(H,27,28). The summed E-state index contributed by atoms with van der Waals surface area (Å²) < 4.78 is 0. The lowest BCUT2D eigenvalue weighted by Crippen LogP contribution is -2.24. The predicted molar refractivity (Wildman–Crippen MR) is 114 cm³/mol. The second-order valence-corrected chi connectivity index (χ2v) is 7.82. The summed E-state index contributed by atoms with van der Waals surface area (Å²) in [6, 6.07) is 9.87. The molecule has 0 atom stereocenters. The average molecular weight is 390 g/mol. The van der Waals surface area contributed by atoms with E-state index < -0.39 is 0 Å². The van der Waals surface area contributed by atoms with Crippen LogP contribution in [0.15, 0.2) is 42.7 Å². The van der Waals surface area contributed by atoms with Crippen molar-refractivity contribution in [1.82, 2.24) is 15.3 Å². The zero-order chi connectivity index (χ0) is 20.2. The largest absolute Gasteiger partial charge is 0.348 e. The van der Waals surface area contributed by atoms with Crippen LogP contribution in [0, 0.1) is 12.8 Å². The molecular formula is C23H26N4O2. The minimum atomic E-state index is -0.171. The average Bonchev–Trinajstić information content (AvgIpc) is 3.16. The number of amides is 2. The highest BCUT2D eigenvalue weighted by molar-refractivity contribution is 6.07. The lowest BCUT2D eigenvalue weighted by molar-refractivity contribution is -0.120. The van der Waals surface area contributed by atoms with E-state index in [1.54, 1.807) is 12.4 Å². The fraction of sp³-hybridized carbons (Fsp3) is 0.348. The number of rotatable bonds is 5. The fourth-order valence-electron chi connectivity index (χ4n) is 3.97. The molecule has 0 bridgehead atoms. The molecule has 2 heterocycles. The van der Waals surface area contributed by atoms with Crippen molar-refractivity contribution in [1.29, 1.82) is 0 Å². The number of carbonyl (C=O) groups is 2. The van der Waals surface area contributed by atoms with Gasteiger partial charge in [0.1, 0.15) is 5.65 Å². The van der Waals surface area contributed by atoms with Crippen LogP contribution in [0.5, 0.6) is 0 Å². The van der Waals surface area contributed by atoms with E-state index in [1.165, 1.54) is 6.42 Å². The topological polar surface area (TPSA) is 86.9 Å².